The molecular formula is C10H16ClN3O. The lowest BCUT2D eigenvalue weighted by molar-refractivity contribution is 0.0938. The number of amides is 1. The van der Waals surface area contributed by atoms with Crippen LogP contribution in [0.25, 0.3) is 0 Å². The van der Waals surface area contributed by atoms with Crippen LogP contribution in [0.3, 0.4) is 0 Å². The van der Waals surface area contributed by atoms with E-state index in [2.05, 4.69) is 5.32 Å². The summed E-state index contributed by atoms with van der Waals surface area (Å²) in [6, 6.07) is 1.63. The summed E-state index contributed by atoms with van der Waals surface area (Å²) in [5, 5.41) is 3.30. The minimum Gasteiger partial charge on any atom is -0.349 e. The van der Waals surface area contributed by atoms with Gasteiger partial charge in [0.15, 0.2) is 0 Å². The molecule has 1 rings (SSSR count). The van der Waals surface area contributed by atoms with E-state index in [4.69, 9.17) is 17.3 Å². The van der Waals surface area contributed by atoms with Crippen LogP contribution in [-0.2, 0) is 7.05 Å². The fraction of sp³-hybridized carbons (Fsp3) is 0.500. The number of nitrogens with two attached hydrogens (primary N) is 1. The Bertz CT molecular complexity index is 365. The van der Waals surface area contributed by atoms with E-state index in [0.717, 1.165) is 0 Å². The Morgan fingerprint density at radius 2 is 2.27 bits per heavy atom. The number of hydrogen-bond acceptors (Lipinski definition) is 2. The molecule has 0 unspecified atom stereocenters. The molecule has 0 radical (unpaired) electrons. The van der Waals surface area contributed by atoms with E-state index >= 15 is 0 Å². The van der Waals surface area contributed by atoms with Crippen LogP contribution in [0.15, 0.2) is 12.3 Å². The Hall–Kier alpha value is -1.00. The Balaban J connectivity index is 2.66. The fourth-order valence-corrected chi connectivity index (χ4v) is 1.40. The number of rotatable bonds is 3. The summed E-state index contributed by atoms with van der Waals surface area (Å²) >= 11 is 5.77. The molecule has 5 heteroatoms. The van der Waals surface area contributed by atoms with Gasteiger partial charge in [-0.15, -0.1) is 0 Å². The second kappa shape index (κ2) is 4.24. The molecule has 0 aliphatic carbocycles. The molecule has 1 amide bonds. The zero-order valence-corrected chi connectivity index (χ0v) is 9.93. The smallest absolute Gasteiger partial charge is 0.268 e. The predicted octanol–water partition coefficient (Wildman–Crippen LogP) is 1.15. The summed E-state index contributed by atoms with van der Waals surface area (Å²) in [4.78, 5) is 11.7. The highest BCUT2D eigenvalue weighted by atomic mass is 35.5. The van der Waals surface area contributed by atoms with Crippen LogP contribution in [0.1, 0.15) is 24.3 Å². The van der Waals surface area contributed by atoms with Gasteiger partial charge >= 0.3 is 0 Å². The van der Waals surface area contributed by atoms with Crippen molar-refractivity contribution in [2.75, 3.05) is 6.54 Å². The molecule has 0 spiro atoms. The van der Waals surface area contributed by atoms with Crippen molar-refractivity contribution in [3.05, 3.63) is 23.0 Å². The lowest BCUT2D eigenvalue weighted by Gasteiger charge is -2.18. The number of carbonyl (C=O) groups excluding carboxylic acids is 1. The predicted molar refractivity (Wildman–Crippen MR) is 61.0 cm³/mol. The van der Waals surface area contributed by atoms with Crippen LogP contribution in [0.2, 0.25) is 5.02 Å². The van der Waals surface area contributed by atoms with E-state index < -0.39 is 5.54 Å². The van der Waals surface area contributed by atoms with Gasteiger partial charge < -0.3 is 15.6 Å². The summed E-state index contributed by atoms with van der Waals surface area (Å²) < 4.78 is 1.68. The normalized spacial score (nSPS) is 11.5. The Morgan fingerprint density at radius 1 is 1.67 bits per heavy atom. The van der Waals surface area contributed by atoms with Crippen LogP contribution in [0.4, 0.5) is 0 Å². The molecule has 1 aromatic heterocycles. The highest BCUT2D eigenvalue weighted by Crippen LogP contribution is 2.12. The highest BCUT2D eigenvalue weighted by Gasteiger charge is 2.15. The van der Waals surface area contributed by atoms with E-state index in [0.29, 0.717) is 17.3 Å². The molecule has 0 bridgehead atoms. The Kier molecular flexibility index (Phi) is 3.42. The molecular weight excluding hydrogens is 214 g/mol. The number of hydrogen-bond donors (Lipinski definition) is 2. The molecule has 4 nitrogen and oxygen atoms in total. The first-order valence-corrected chi connectivity index (χ1v) is 5.06. The van der Waals surface area contributed by atoms with Crippen molar-refractivity contribution in [3.8, 4) is 0 Å². The first kappa shape index (κ1) is 12.1. The van der Waals surface area contributed by atoms with E-state index in [1.54, 1.807) is 23.9 Å². The van der Waals surface area contributed by atoms with Crippen LogP contribution in [-0.4, -0.2) is 22.6 Å². The molecule has 15 heavy (non-hydrogen) atoms. The molecule has 0 aliphatic heterocycles. The lowest BCUT2D eigenvalue weighted by atomic mass is 10.1. The van der Waals surface area contributed by atoms with Gasteiger partial charge in [-0.3, -0.25) is 4.79 Å². The van der Waals surface area contributed by atoms with Gasteiger partial charge in [0.05, 0.1) is 5.02 Å². The molecule has 0 aromatic carbocycles. The molecule has 0 aliphatic rings. The topological polar surface area (TPSA) is 60.0 Å². The molecule has 84 valence electrons. The van der Waals surface area contributed by atoms with Gasteiger partial charge in [-0.05, 0) is 19.9 Å². The standard InChI is InChI=1S/C10H16ClN3O/c1-10(2,12)6-13-9(15)8-4-7(11)5-14(8)3/h4-5H,6,12H2,1-3H3,(H,13,15). The van der Waals surface area contributed by atoms with Crippen molar-refractivity contribution in [2.45, 2.75) is 19.4 Å². The maximum absolute atomic E-state index is 11.7. The monoisotopic (exact) mass is 229 g/mol. The van der Waals surface area contributed by atoms with Crippen LogP contribution >= 0.6 is 11.6 Å². The highest BCUT2D eigenvalue weighted by molar-refractivity contribution is 6.31. The second-order valence-electron chi connectivity index (χ2n) is 4.33. The third-order valence-corrected chi connectivity index (χ3v) is 2.12. The van der Waals surface area contributed by atoms with E-state index in [9.17, 15) is 4.79 Å². The average Bonchev–Trinajstić information content (AvgIpc) is 2.40. The molecule has 1 aromatic rings. The minimum atomic E-state index is -0.412. The SMILES string of the molecule is Cn1cc(Cl)cc1C(=O)NCC(C)(C)N. The molecule has 3 N–H and O–H groups in total. The van der Waals surface area contributed by atoms with Crippen molar-refractivity contribution in [1.29, 1.82) is 0 Å². The maximum Gasteiger partial charge on any atom is 0.268 e. The lowest BCUT2D eigenvalue weighted by Crippen LogP contribution is -2.45. The van der Waals surface area contributed by atoms with Gasteiger partial charge in [-0.25, -0.2) is 0 Å². The number of nitrogens with zero attached hydrogens (tertiary/aromatic N) is 1. The van der Waals surface area contributed by atoms with Crippen molar-refractivity contribution in [2.24, 2.45) is 12.8 Å². The Morgan fingerprint density at radius 3 is 2.67 bits per heavy atom. The van der Waals surface area contributed by atoms with Crippen molar-refractivity contribution < 1.29 is 4.79 Å². The van der Waals surface area contributed by atoms with Gasteiger partial charge in [-0.1, -0.05) is 11.6 Å². The van der Waals surface area contributed by atoms with Crippen LogP contribution in [0, 0.1) is 0 Å². The average molecular weight is 230 g/mol. The van der Waals surface area contributed by atoms with Crippen molar-refractivity contribution in [1.82, 2.24) is 9.88 Å². The van der Waals surface area contributed by atoms with E-state index in [1.165, 1.54) is 0 Å². The number of aryl methyl sites for hydroxylation is 1. The van der Waals surface area contributed by atoms with Gasteiger partial charge in [0.25, 0.3) is 5.91 Å². The summed E-state index contributed by atoms with van der Waals surface area (Å²) in [5.41, 5.74) is 5.88. The summed E-state index contributed by atoms with van der Waals surface area (Å²) in [5.74, 6) is -0.164. The molecule has 0 saturated carbocycles. The minimum absolute atomic E-state index is 0.164. The summed E-state index contributed by atoms with van der Waals surface area (Å²) in [6.45, 7) is 4.13. The third kappa shape index (κ3) is 3.57. The van der Waals surface area contributed by atoms with Gasteiger partial charge in [-0.2, -0.15) is 0 Å². The zero-order valence-electron chi connectivity index (χ0n) is 9.17. The summed E-state index contributed by atoms with van der Waals surface area (Å²) in [6.07, 6.45) is 1.68. The zero-order chi connectivity index (χ0) is 11.6. The molecule has 1 heterocycles. The summed E-state index contributed by atoms with van der Waals surface area (Å²) in [7, 11) is 1.77. The Labute approximate surface area is 94.4 Å². The quantitative estimate of drug-likeness (QED) is 0.817. The molecule has 0 fully saturated rings. The fourth-order valence-electron chi connectivity index (χ4n) is 1.15. The first-order chi connectivity index (χ1) is 6.79. The number of aromatic nitrogens is 1. The van der Waals surface area contributed by atoms with E-state index in [1.807, 2.05) is 13.8 Å². The largest absolute Gasteiger partial charge is 0.349 e. The maximum atomic E-state index is 11.7. The van der Waals surface area contributed by atoms with Crippen molar-refractivity contribution in [3.63, 3.8) is 0 Å². The second-order valence-corrected chi connectivity index (χ2v) is 4.76. The molecule has 0 atom stereocenters. The van der Waals surface area contributed by atoms with E-state index in [-0.39, 0.29) is 5.91 Å². The van der Waals surface area contributed by atoms with Crippen LogP contribution < -0.4 is 11.1 Å². The molecule has 0 saturated heterocycles. The van der Waals surface area contributed by atoms with Gasteiger partial charge in [0, 0.05) is 25.3 Å². The number of halogens is 1. The van der Waals surface area contributed by atoms with Crippen molar-refractivity contribution >= 4 is 17.5 Å². The van der Waals surface area contributed by atoms with Crippen LogP contribution in [0.5, 0.6) is 0 Å². The first-order valence-electron chi connectivity index (χ1n) is 4.68. The number of nitrogens with one attached hydrogen (secondary N) is 1. The van der Waals surface area contributed by atoms with Gasteiger partial charge in [0.2, 0.25) is 0 Å². The third-order valence-electron chi connectivity index (χ3n) is 1.91. The number of carbonyl (C=O) groups is 1. The van der Waals surface area contributed by atoms with Gasteiger partial charge in [0.1, 0.15) is 5.69 Å².